The fourth-order valence-electron chi connectivity index (χ4n) is 1.70. The summed E-state index contributed by atoms with van der Waals surface area (Å²) in [7, 11) is 0. The molecular weight excluding hydrogens is 220 g/mol. The van der Waals surface area contributed by atoms with E-state index in [9.17, 15) is 9.59 Å². The van der Waals surface area contributed by atoms with Crippen molar-refractivity contribution in [2.75, 3.05) is 26.2 Å². The molecule has 1 aliphatic heterocycles. The fraction of sp³-hybridized carbons (Fsp3) is 0.833. The Bertz CT molecular complexity index is 284. The second kappa shape index (κ2) is 6.00. The summed E-state index contributed by atoms with van der Waals surface area (Å²) in [6.45, 7) is 8.09. The van der Waals surface area contributed by atoms with Crippen LogP contribution in [-0.4, -0.2) is 48.6 Å². The lowest BCUT2D eigenvalue weighted by Gasteiger charge is -2.22. The third-order valence-corrected chi connectivity index (χ3v) is 2.39. The van der Waals surface area contributed by atoms with Crippen LogP contribution in [0.1, 0.15) is 33.6 Å². The van der Waals surface area contributed by atoms with Crippen LogP contribution < -0.4 is 5.32 Å². The molecule has 98 valence electrons. The first-order valence-corrected chi connectivity index (χ1v) is 6.08. The number of ether oxygens (including phenoxy) is 1. The molecule has 17 heavy (non-hydrogen) atoms. The monoisotopic (exact) mass is 242 g/mol. The molecule has 1 aliphatic rings. The van der Waals surface area contributed by atoms with Gasteiger partial charge in [-0.3, -0.25) is 14.5 Å². The summed E-state index contributed by atoms with van der Waals surface area (Å²) in [5.74, 6) is -0.172. The average molecular weight is 242 g/mol. The Morgan fingerprint density at radius 3 is 2.82 bits per heavy atom. The van der Waals surface area contributed by atoms with Crippen molar-refractivity contribution in [1.29, 1.82) is 0 Å². The molecule has 0 aromatic rings. The molecule has 1 rings (SSSR count). The Hall–Kier alpha value is -1.10. The lowest BCUT2D eigenvalue weighted by atomic mass is 10.2. The van der Waals surface area contributed by atoms with Crippen molar-refractivity contribution in [3.05, 3.63) is 0 Å². The van der Waals surface area contributed by atoms with Crippen LogP contribution in [0, 0.1) is 0 Å². The SMILES string of the molecule is CC(C)(C)OC(=O)CCN1CCCNC(=O)C1. The number of hydrogen-bond donors (Lipinski definition) is 1. The van der Waals surface area contributed by atoms with E-state index in [1.165, 1.54) is 0 Å². The van der Waals surface area contributed by atoms with Gasteiger partial charge in [-0.25, -0.2) is 0 Å². The topological polar surface area (TPSA) is 58.6 Å². The van der Waals surface area contributed by atoms with E-state index in [2.05, 4.69) is 5.32 Å². The van der Waals surface area contributed by atoms with E-state index in [1.54, 1.807) is 0 Å². The van der Waals surface area contributed by atoms with Gasteiger partial charge in [0.1, 0.15) is 5.60 Å². The van der Waals surface area contributed by atoms with Crippen molar-refractivity contribution in [2.45, 2.75) is 39.2 Å². The van der Waals surface area contributed by atoms with E-state index in [4.69, 9.17) is 4.74 Å². The van der Waals surface area contributed by atoms with Gasteiger partial charge in [0.2, 0.25) is 5.91 Å². The van der Waals surface area contributed by atoms with Crippen LogP contribution in [0.3, 0.4) is 0 Å². The highest BCUT2D eigenvalue weighted by atomic mass is 16.6. The predicted molar refractivity (Wildman–Crippen MR) is 64.5 cm³/mol. The van der Waals surface area contributed by atoms with Crippen LogP contribution >= 0.6 is 0 Å². The molecular formula is C12H22N2O3. The van der Waals surface area contributed by atoms with Crippen LogP contribution in [0.4, 0.5) is 0 Å². The van der Waals surface area contributed by atoms with E-state index in [-0.39, 0.29) is 11.9 Å². The van der Waals surface area contributed by atoms with Crippen LogP contribution in [0.25, 0.3) is 0 Å². The minimum atomic E-state index is -0.437. The number of nitrogens with one attached hydrogen (secondary N) is 1. The molecule has 0 bridgehead atoms. The van der Waals surface area contributed by atoms with Crippen LogP contribution in [0.15, 0.2) is 0 Å². The van der Waals surface area contributed by atoms with Gasteiger partial charge in [-0.05, 0) is 27.2 Å². The summed E-state index contributed by atoms with van der Waals surface area (Å²) in [6.07, 6.45) is 1.27. The normalized spacial score (nSPS) is 18.4. The second-order valence-electron chi connectivity index (χ2n) is 5.32. The first-order valence-electron chi connectivity index (χ1n) is 6.08. The number of hydrogen-bond acceptors (Lipinski definition) is 4. The Morgan fingerprint density at radius 2 is 2.18 bits per heavy atom. The molecule has 1 amide bonds. The quantitative estimate of drug-likeness (QED) is 0.734. The van der Waals surface area contributed by atoms with E-state index < -0.39 is 5.60 Å². The molecule has 0 aromatic heterocycles. The van der Waals surface area contributed by atoms with Gasteiger partial charge in [-0.2, -0.15) is 0 Å². The number of amides is 1. The molecule has 1 N–H and O–H groups in total. The number of nitrogens with zero attached hydrogens (tertiary/aromatic N) is 1. The lowest BCUT2D eigenvalue weighted by molar-refractivity contribution is -0.155. The van der Waals surface area contributed by atoms with Gasteiger partial charge in [-0.15, -0.1) is 0 Å². The number of carbonyl (C=O) groups excluding carboxylic acids is 2. The molecule has 1 saturated heterocycles. The summed E-state index contributed by atoms with van der Waals surface area (Å²) >= 11 is 0. The molecule has 0 unspecified atom stereocenters. The summed E-state index contributed by atoms with van der Waals surface area (Å²) < 4.78 is 5.22. The molecule has 0 spiro atoms. The van der Waals surface area contributed by atoms with E-state index in [0.29, 0.717) is 19.5 Å². The van der Waals surface area contributed by atoms with Gasteiger partial charge in [0.15, 0.2) is 0 Å². The highest BCUT2D eigenvalue weighted by Crippen LogP contribution is 2.08. The Morgan fingerprint density at radius 1 is 1.47 bits per heavy atom. The van der Waals surface area contributed by atoms with Crippen LogP contribution in [0.2, 0.25) is 0 Å². The smallest absolute Gasteiger partial charge is 0.307 e. The lowest BCUT2D eigenvalue weighted by Crippen LogP contribution is -2.35. The second-order valence-corrected chi connectivity index (χ2v) is 5.32. The first-order chi connectivity index (χ1) is 7.87. The van der Waals surface area contributed by atoms with Gasteiger partial charge in [0.05, 0.1) is 13.0 Å². The average Bonchev–Trinajstić information content (AvgIpc) is 2.37. The Labute approximate surface area is 102 Å². The Balaban J connectivity index is 2.29. The van der Waals surface area contributed by atoms with Crippen molar-refractivity contribution < 1.29 is 14.3 Å². The molecule has 0 saturated carbocycles. The highest BCUT2D eigenvalue weighted by Gasteiger charge is 2.19. The number of rotatable bonds is 3. The van der Waals surface area contributed by atoms with Gasteiger partial charge in [0, 0.05) is 19.6 Å². The highest BCUT2D eigenvalue weighted by molar-refractivity contribution is 5.78. The van der Waals surface area contributed by atoms with Gasteiger partial charge < -0.3 is 10.1 Å². The summed E-state index contributed by atoms with van der Waals surface area (Å²) in [5.41, 5.74) is -0.437. The molecule has 1 fully saturated rings. The van der Waals surface area contributed by atoms with Crippen molar-refractivity contribution in [2.24, 2.45) is 0 Å². The summed E-state index contributed by atoms with van der Waals surface area (Å²) in [4.78, 5) is 24.8. The minimum absolute atomic E-state index is 0.0340. The van der Waals surface area contributed by atoms with Crippen molar-refractivity contribution in [3.63, 3.8) is 0 Å². The Kier molecular flexibility index (Phi) is 4.93. The van der Waals surface area contributed by atoms with Crippen LogP contribution in [-0.2, 0) is 14.3 Å². The molecule has 0 aliphatic carbocycles. The zero-order valence-electron chi connectivity index (χ0n) is 10.9. The maximum absolute atomic E-state index is 11.5. The van der Waals surface area contributed by atoms with E-state index >= 15 is 0 Å². The molecule has 0 aromatic carbocycles. The predicted octanol–water partition coefficient (Wildman–Crippen LogP) is 0.540. The maximum Gasteiger partial charge on any atom is 0.307 e. The van der Waals surface area contributed by atoms with Gasteiger partial charge in [0.25, 0.3) is 0 Å². The van der Waals surface area contributed by atoms with Gasteiger partial charge in [-0.1, -0.05) is 0 Å². The number of carbonyl (C=O) groups is 2. The molecule has 5 nitrogen and oxygen atoms in total. The molecule has 0 radical (unpaired) electrons. The number of esters is 1. The summed E-state index contributed by atoms with van der Waals surface area (Å²) in [5, 5.41) is 2.80. The summed E-state index contributed by atoms with van der Waals surface area (Å²) in [6, 6.07) is 0. The van der Waals surface area contributed by atoms with Crippen molar-refractivity contribution in [1.82, 2.24) is 10.2 Å². The zero-order valence-corrected chi connectivity index (χ0v) is 10.9. The van der Waals surface area contributed by atoms with E-state index in [1.807, 2.05) is 25.7 Å². The molecule has 5 heteroatoms. The standard InChI is InChI=1S/C12H22N2O3/c1-12(2,3)17-11(16)5-8-14-7-4-6-13-10(15)9-14/h4-9H2,1-3H3,(H,13,15). The van der Waals surface area contributed by atoms with Crippen LogP contribution in [0.5, 0.6) is 0 Å². The zero-order chi connectivity index (χ0) is 12.9. The van der Waals surface area contributed by atoms with Crippen molar-refractivity contribution in [3.8, 4) is 0 Å². The van der Waals surface area contributed by atoms with E-state index in [0.717, 1.165) is 19.5 Å². The van der Waals surface area contributed by atoms with Gasteiger partial charge >= 0.3 is 5.97 Å². The maximum atomic E-state index is 11.5. The van der Waals surface area contributed by atoms with Crippen molar-refractivity contribution >= 4 is 11.9 Å². The largest absolute Gasteiger partial charge is 0.460 e. The first kappa shape index (κ1) is 14.0. The minimum Gasteiger partial charge on any atom is -0.460 e. The third-order valence-electron chi connectivity index (χ3n) is 2.39. The third kappa shape index (κ3) is 6.26. The fourth-order valence-corrected chi connectivity index (χ4v) is 1.70. The molecule has 0 atom stereocenters. The molecule has 1 heterocycles.